The van der Waals surface area contributed by atoms with Gasteiger partial charge in [0.25, 0.3) is 0 Å². The summed E-state index contributed by atoms with van der Waals surface area (Å²) in [6.07, 6.45) is 8.00. The van der Waals surface area contributed by atoms with Crippen molar-refractivity contribution in [3.05, 3.63) is 24.4 Å². The number of thioether (sulfide) groups is 1. The molecule has 1 saturated carbocycles. The highest BCUT2D eigenvalue weighted by Gasteiger charge is 2.32. The van der Waals surface area contributed by atoms with E-state index in [-0.39, 0.29) is 11.8 Å². The van der Waals surface area contributed by atoms with Crippen LogP contribution in [0.4, 0.5) is 5.82 Å². The third-order valence-corrected chi connectivity index (χ3v) is 7.14. The molecule has 1 aliphatic carbocycles. The molecule has 0 unspecified atom stereocenters. The Morgan fingerprint density at radius 2 is 1.93 bits per heavy atom. The van der Waals surface area contributed by atoms with Crippen LogP contribution in [0.15, 0.2) is 29.4 Å². The van der Waals surface area contributed by atoms with Gasteiger partial charge in [0.2, 0.25) is 11.8 Å². The number of piperazine rings is 1. The maximum absolute atomic E-state index is 12.5. The number of aromatic nitrogens is 1. The number of anilines is 1. The van der Waals surface area contributed by atoms with Gasteiger partial charge < -0.3 is 15.1 Å². The molecule has 156 valence electrons. The zero-order valence-corrected chi connectivity index (χ0v) is 17.6. The third-order valence-electron chi connectivity index (χ3n) is 5.86. The lowest BCUT2D eigenvalue weighted by Crippen LogP contribution is -2.49. The number of fused-ring (bicyclic) bond motifs is 1. The number of carbonyl (C=O) groups is 2. The van der Waals surface area contributed by atoms with E-state index in [9.17, 15) is 9.59 Å². The second kappa shape index (κ2) is 9.61. The van der Waals surface area contributed by atoms with Crippen LogP contribution in [0.5, 0.6) is 0 Å². The second-order valence-electron chi connectivity index (χ2n) is 7.90. The topological polar surface area (TPSA) is 77.9 Å². The van der Waals surface area contributed by atoms with E-state index in [0.29, 0.717) is 43.6 Å². The first-order valence-electron chi connectivity index (χ1n) is 10.7. The van der Waals surface area contributed by atoms with Crippen LogP contribution in [0.1, 0.15) is 44.9 Å². The summed E-state index contributed by atoms with van der Waals surface area (Å²) in [5, 5.41) is 4.28. The maximum atomic E-state index is 12.5. The van der Waals surface area contributed by atoms with Crippen molar-refractivity contribution in [1.29, 1.82) is 0 Å². The van der Waals surface area contributed by atoms with E-state index in [2.05, 4.69) is 20.2 Å². The summed E-state index contributed by atoms with van der Waals surface area (Å²) in [6.45, 7) is 3.00. The van der Waals surface area contributed by atoms with Gasteiger partial charge in [0.1, 0.15) is 5.82 Å². The minimum atomic E-state index is -0.0253. The average Bonchev–Trinajstić information content (AvgIpc) is 3.16. The Bertz CT molecular complexity index is 749. The highest BCUT2D eigenvalue weighted by Crippen LogP contribution is 2.36. The number of carbonyl (C=O) groups excluding carboxylic acids is 2. The van der Waals surface area contributed by atoms with Crippen LogP contribution in [-0.2, 0) is 9.59 Å². The van der Waals surface area contributed by atoms with E-state index < -0.39 is 0 Å². The molecule has 8 heteroatoms. The Balaban J connectivity index is 1.14. The van der Waals surface area contributed by atoms with Crippen molar-refractivity contribution < 1.29 is 9.59 Å². The fourth-order valence-corrected chi connectivity index (χ4v) is 5.51. The number of hydrogen-bond acceptors (Lipinski definition) is 6. The molecule has 7 nitrogen and oxygen atoms in total. The second-order valence-corrected chi connectivity index (χ2v) is 9.13. The highest BCUT2D eigenvalue weighted by molar-refractivity contribution is 8.14. The molecule has 0 aromatic carbocycles. The lowest BCUT2D eigenvalue weighted by molar-refractivity contribution is -0.131. The quantitative estimate of drug-likeness (QED) is 0.799. The fourth-order valence-electron chi connectivity index (χ4n) is 4.21. The molecule has 1 aromatic heterocycles. The van der Waals surface area contributed by atoms with Crippen LogP contribution in [0.25, 0.3) is 0 Å². The number of amides is 2. The number of amidine groups is 1. The molecule has 3 heterocycles. The average molecular weight is 416 g/mol. The predicted molar refractivity (Wildman–Crippen MR) is 116 cm³/mol. The molecular weight excluding hydrogens is 386 g/mol. The van der Waals surface area contributed by atoms with Gasteiger partial charge in [-0.15, -0.1) is 0 Å². The van der Waals surface area contributed by atoms with Gasteiger partial charge in [-0.1, -0.05) is 30.7 Å². The minimum absolute atomic E-state index is 0.0253. The minimum Gasteiger partial charge on any atom is -0.353 e. The van der Waals surface area contributed by atoms with Crippen molar-refractivity contribution in [2.45, 2.75) is 56.2 Å². The molecule has 2 fully saturated rings. The van der Waals surface area contributed by atoms with Crippen molar-refractivity contribution in [3.63, 3.8) is 0 Å². The normalized spacial score (nSPS) is 24.1. The monoisotopic (exact) mass is 415 g/mol. The molecule has 4 rings (SSSR count). The van der Waals surface area contributed by atoms with Gasteiger partial charge in [0, 0.05) is 50.5 Å². The van der Waals surface area contributed by atoms with E-state index in [1.165, 1.54) is 19.3 Å². The first-order chi connectivity index (χ1) is 14.2. The van der Waals surface area contributed by atoms with Gasteiger partial charge in [0.15, 0.2) is 5.17 Å². The summed E-state index contributed by atoms with van der Waals surface area (Å²) in [5.74, 6) is 1.07. The predicted octanol–water partition coefficient (Wildman–Crippen LogP) is 2.43. The third kappa shape index (κ3) is 5.29. The molecule has 0 radical (unpaired) electrons. The van der Waals surface area contributed by atoms with Gasteiger partial charge in [-0.05, 0) is 31.4 Å². The molecule has 3 aliphatic rings. The maximum Gasteiger partial charge on any atom is 0.225 e. The molecule has 29 heavy (non-hydrogen) atoms. The molecule has 0 bridgehead atoms. The summed E-state index contributed by atoms with van der Waals surface area (Å²) in [7, 11) is 0. The fraction of sp³-hybridized carbons (Fsp3) is 0.619. The zero-order chi connectivity index (χ0) is 20.1. The van der Waals surface area contributed by atoms with E-state index in [4.69, 9.17) is 0 Å². The number of hydrogen-bond donors (Lipinski definition) is 1. The first kappa shape index (κ1) is 20.2. The zero-order valence-electron chi connectivity index (χ0n) is 16.8. The Morgan fingerprint density at radius 1 is 1.10 bits per heavy atom. The van der Waals surface area contributed by atoms with Crippen molar-refractivity contribution in [2.24, 2.45) is 4.99 Å². The van der Waals surface area contributed by atoms with E-state index in [0.717, 1.165) is 30.5 Å². The van der Waals surface area contributed by atoms with Crippen LogP contribution in [0.3, 0.4) is 0 Å². The molecule has 1 N–H and O–H groups in total. The SMILES string of the molecule is O=C(CCCC(=O)N1CCN(c2ccccn2)CC1)NC1=N[C@@H]2CCCC[C@H]2S1. The Morgan fingerprint density at radius 3 is 2.69 bits per heavy atom. The van der Waals surface area contributed by atoms with Crippen molar-refractivity contribution in [3.8, 4) is 0 Å². The first-order valence-corrected chi connectivity index (χ1v) is 11.5. The van der Waals surface area contributed by atoms with Gasteiger partial charge in [0.05, 0.1) is 6.04 Å². The Labute approximate surface area is 176 Å². The standard InChI is InChI=1S/C21H29N5O2S/c27-19(24-21-23-16-6-1-2-7-17(16)29-21)9-5-10-20(28)26-14-12-25(13-15-26)18-8-3-4-11-22-18/h3-4,8,11,16-17H,1-2,5-7,9-10,12-15H2,(H,23,24,27)/t16-,17-/m1/s1. The summed E-state index contributed by atoms with van der Waals surface area (Å²) in [6, 6.07) is 6.27. The summed E-state index contributed by atoms with van der Waals surface area (Å²) in [5.41, 5.74) is 0. The van der Waals surface area contributed by atoms with Crippen LogP contribution < -0.4 is 10.2 Å². The van der Waals surface area contributed by atoms with E-state index in [1.54, 1.807) is 18.0 Å². The van der Waals surface area contributed by atoms with Crippen molar-refractivity contribution >= 4 is 34.6 Å². The molecule has 2 atom stereocenters. The summed E-state index contributed by atoms with van der Waals surface area (Å²) < 4.78 is 0. The molecule has 2 amide bonds. The highest BCUT2D eigenvalue weighted by atomic mass is 32.2. The van der Waals surface area contributed by atoms with Gasteiger partial charge >= 0.3 is 0 Å². The van der Waals surface area contributed by atoms with E-state index in [1.807, 2.05) is 23.1 Å². The lowest BCUT2D eigenvalue weighted by atomic mass is 9.96. The van der Waals surface area contributed by atoms with Crippen LogP contribution in [0.2, 0.25) is 0 Å². The van der Waals surface area contributed by atoms with Crippen LogP contribution in [-0.4, -0.2) is 64.3 Å². The number of nitrogens with zero attached hydrogens (tertiary/aromatic N) is 4. The van der Waals surface area contributed by atoms with E-state index >= 15 is 0 Å². The van der Waals surface area contributed by atoms with Gasteiger partial charge in [-0.25, -0.2) is 4.98 Å². The molecule has 2 aliphatic heterocycles. The summed E-state index contributed by atoms with van der Waals surface area (Å²) in [4.78, 5) is 37.8. The molecule has 1 saturated heterocycles. The van der Waals surface area contributed by atoms with Gasteiger partial charge in [-0.2, -0.15) is 0 Å². The number of nitrogens with one attached hydrogen (secondary N) is 1. The number of rotatable bonds is 5. The Kier molecular flexibility index (Phi) is 6.69. The lowest BCUT2D eigenvalue weighted by Gasteiger charge is -2.35. The smallest absolute Gasteiger partial charge is 0.225 e. The van der Waals surface area contributed by atoms with Crippen LogP contribution in [0, 0.1) is 0 Å². The summed E-state index contributed by atoms with van der Waals surface area (Å²) >= 11 is 1.72. The van der Waals surface area contributed by atoms with Crippen molar-refractivity contribution in [2.75, 3.05) is 31.1 Å². The Hall–Kier alpha value is -2.09. The largest absolute Gasteiger partial charge is 0.353 e. The molecule has 0 spiro atoms. The molecule has 1 aromatic rings. The number of aliphatic imine (C=N–C) groups is 1. The molecular formula is C21H29N5O2S. The van der Waals surface area contributed by atoms with Crippen LogP contribution >= 0.6 is 11.8 Å². The number of pyridine rings is 1. The van der Waals surface area contributed by atoms with Gasteiger partial charge in [-0.3, -0.25) is 14.6 Å². The van der Waals surface area contributed by atoms with Crippen molar-refractivity contribution in [1.82, 2.24) is 15.2 Å².